The monoisotopic (exact) mass is 320 g/mol. The normalized spacial score (nSPS) is 10.8. The highest BCUT2D eigenvalue weighted by Crippen LogP contribution is 2.37. The van der Waals surface area contributed by atoms with E-state index in [4.69, 9.17) is 27.9 Å². The Balaban J connectivity index is 2.40. The second kappa shape index (κ2) is 5.43. The number of carbonyl (C=O) groups is 1. The predicted molar refractivity (Wildman–Crippen MR) is 84.5 cm³/mol. The molecule has 0 bridgehead atoms. The van der Waals surface area contributed by atoms with Gasteiger partial charge in [-0.15, -0.1) is 0 Å². The number of rotatable bonds is 1. The molecule has 21 heavy (non-hydrogen) atoms. The summed E-state index contributed by atoms with van der Waals surface area (Å²) in [7, 11) is 1.26. The minimum atomic E-state index is -0.788. The van der Waals surface area contributed by atoms with E-state index < -0.39 is 6.16 Å². The molecule has 0 aliphatic rings. The van der Waals surface area contributed by atoms with Gasteiger partial charge < -0.3 is 9.47 Å². The molecule has 0 amide bonds. The van der Waals surface area contributed by atoms with Gasteiger partial charge >= 0.3 is 6.16 Å². The standard InChI is InChI=1S/C16H10Cl2O3/c1-20-16(19)21-15-13-7-11(17)4-2-9(13)6-10-3-5-12(18)8-14(10)15/h2-8H,1H3. The van der Waals surface area contributed by atoms with Crippen molar-refractivity contribution in [2.45, 2.75) is 0 Å². The molecule has 0 spiro atoms. The third-order valence-corrected chi connectivity index (χ3v) is 3.65. The molecule has 3 nitrogen and oxygen atoms in total. The molecular formula is C16H10Cl2O3. The fourth-order valence-corrected chi connectivity index (χ4v) is 2.59. The highest BCUT2D eigenvalue weighted by Gasteiger charge is 2.14. The molecule has 5 heteroatoms. The van der Waals surface area contributed by atoms with Crippen LogP contribution in [0.2, 0.25) is 10.0 Å². The Morgan fingerprint density at radius 3 is 1.90 bits per heavy atom. The van der Waals surface area contributed by atoms with Gasteiger partial charge in [0.15, 0.2) is 0 Å². The molecule has 0 radical (unpaired) electrons. The Morgan fingerprint density at radius 2 is 1.43 bits per heavy atom. The summed E-state index contributed by atoms with van der Waals surface area (Å²) in [4.78, 5) is 11.5. The summed E-state index contributed by atoms with van der Waals surface area (Å²) < 4.78 is 9.91. The first kappa shape index (κ1) is 14.0. The van der Waals surface area contributed by atoms with Crippen LogP contribution >= 0.6 is 23.2 Å². The highest BCUT2D eigenvalue weighted by atomic mass is 35.5. The van der Waals surface area contributed by atoms with Crippen LogP contribution in [-0.4, -0.2) is 13.3 Å². The van der Waals surface area contributed by atoms with Crippen LogP contribution in [0.3, 0.4) is 0 Å². The topological polar surface area (TPSA) is 35.5 Å². The summed E-state index contributed by atoms with van der Waals surface area (Å²) in [5, 5.41) is 4.38. The van der Waals surface area contributed by atoms with Gasteiger partial charge in [-0.05, 0) is 41.1 Å². The number of methoxy groups -OCH3 is 1. The van der Waals surface area contributed by atoms with E-state index in [1.165, 1.54) is 7.11 Å². The van der Waals surface area contributed by atoms with E-state index in [0.29, 0.717) is 15.8 Å². The molecule has 3 rings (SSSR count). The Bertz CT molecular complexity index is 799. The van der Waals surface area contributed by atoms with Gasteiger partial charge in [-0.3, -0.25) is 0 Å². The first-order chi connectivity index (χ1) is 10.1. The number of hydrogen-bond donors (Lipinski definition) is 0. The van der Waals surface area contributed by atoms with Gasteiger partial charge in [0, 0.05) is 20.8 Å². The molecule has 0 saturated heterocycles. The van der Waals surface area contributed by atoms with Crippen LogP contribution in [0.5, 0.6) is 5.75 Å². The molecule has 3 aromatic rings. The minimum absolute atomic E-state index is 0.388. The van der Waals surface area contributed by atoms with Crippen molar-refractivity contribution >= 4 is 50.9 Å². The number of carbonyl (C=O) groups excluding carboxylic acids is 1. The van der Waals surface area contributed by atoms with Crippen molar-refractivity contribution in [1.29, 1.82) is 0 Å². The summed E-state index contributed by atoms with van der Waals surface area (Å²) in [6.45, 7) is 0. The summed E-state index contributed by atoms with van der Waals surface area (Å²) in [6, 6.07) is 12.8. The van der Waals surface area contributed by atoms with E-state index in [2.05, 4.69) is 4.74 Å². The lowest BCUT2D eigenvalue weighted by molar-refractivity contribution is 0.122. The van der Waals surface area contributed by atoms with E-state index in [1.54, 1.807) is 24.3 Å². The van der Waals surface area contributed by atoms with Crippen molar-refractivity contribution in [3.63, 3.8) is 0 Å². The van der Waals surface area contributed by atoms with Gasteiger partial charge in [-0.25, -0.2) is 4.79 Å². The van der Waals surface area contributed by atoms with E-state index in [0.717, 1.165) is 21.5 Å². The van der Waals surface area contributed by atoms with Crippen molar-refractivity contribution in [3.05, 3.63) is 52.5 Å². The van der Waals surface area contributed by atoms with Gasteiger partial charge in [0.25, 0.3) is 0 Å². The van der Waals surface area contributed by atoms with Crippen LogP contribution < -0.4 is 4.74 Å². The molecule has 3 aromatic carbocycles. The van der Waals surface area contributed by atoms with Crippen molar-refractivity contribution in [3.8, 4) is 5.75 Å². The zero-order valence-corrected chi connectivity index (χ0v) is 12.5. The van der Waals surface area contributed by atoms with Crippen molar-refractivity contribution in [2.24, 2.45) is 0 Å². The second-order valence-electron chi connectivity index (χ2n) is 4.49. The van der Waals surface area contributed by atoms with Crippen LogP contribution in [0.1, 0.15) is 0 Å². The molecule has 0 fully saturated rings. The maximum Gasteiger partial charge on any atom is 0.513 e. The number of benzene rings is 3. The van der Waals surface area contributed by atoms with Gasteiger partial charge in [-0.1, -0.05) is 35.3 Å². The minimum Gasteiger partial charge on any atom is -0.437 e. The highest BCUT2D eigenvalue weighted by molar-refractivity contribution is 6.32. The maximum atomic E-state index is 11.5. The van der Waals surface area contributed by atoms with Crippen LogP contribution in [0.15, 0.2) is 42.5 Å². The Kier molecular flexibility index (Phi) is 3.62. The third-order valence-electron chi connectivity index (χ3n) is 3.18. The molecule has 0 N–H and O–H groups in total. The lowest BCUT2D eigenvalue weighted by Gasteiger charge is -2.11. The van der Waals surface area contributed by atoms with Crippen LogP contribution in [0, 0.1) is 0 Å². The number of ether oxygens (including phenoxy) is 2. The Morgan fingerprint density at radius 1 is 0.905 bits per heavy atom. The largest absolute Gasteiger partial charge is 0.513 e. The fraction of sp³-hybridized carbons (Fsp3) is 0.0625. The van der Waals surface area contributed by atoms with Crippen molar-refractivity contribution in [2.75, 3.05) is 7.11 Å². The number of halogens is 2. The number of fused-ring (bicyclic) bond motifs is 2. The quantitative estimate of drug-likeness (QED) is 0.340. The third kappa shape index (κ3) is 2.62. The predicted octanol–water partition coefficient (Wildman–Crippen LogP) is 5.45. The fourth-order valence-electron chi connectivity index (χ4n) is 2.25. The van der Waals surface area contributed by atoms with Gasteiger partial charge in [0.2, 0.25) is 0 Å². The molecule has 106 valence electrons. The van der Waals surface area contributed by atoms with Gasteiger partial charge in [0.05, 0.1) is 7.11 Å². The molecule has 0 heterocycles. The molecule has 0 atom stereocenters. The summed E-state index contributed by atoms with van der Waals surface area (Å²) in [6.07, 6.45) is -0.788. The number of hydrogen-bond acceptors (Lipinski definition) is 3. The lowest BCUT2D eigenvalue weighted by Crippen LogP contribution is -2.08. The van der Waals surface area contributed by atoms with Crippen molar-refractivity contribution in [1.82, 2.24) is 0 Å². The summed E-state index contributed by atoms with van der Waals surface area (Å²) in [5.74, 6) is 0.388. The first-order valence-corrected chi connectivity index (χ1v) is 6.91. The Hall–Kier alpha value is -1.97. The summed E-state index contributed by atoms with van der Waals surface area (Å²) >= 11 is 12.1. The molecule has 0 unspecified atom stereocenters. The van der Waals surface area contributed by atoms with Crippen LogP contribution in [-0.2, 0) is 4.74 Å². The molecular weight excluding hydrogens is 311 g/mol. The smallest absolute Gasteiger partial charge is 0.437 e. The lowest BCUT2D eigenvalue weighted by atomic mass is 10.0. The Labute approximate surface area is 131 Å². The van der Waals surface area contributed by atoms with Gasteiger partial charge in [0.1, 0.15) is 5.75 Å². The molecule has 0 aliphatic carbocycles. The van der Waals surface area contributed by atoms with Gasteiger partial charge in [-0.2, -0.15) is 0 Å². The SMILES string of the molecule is COC(=O)Oc1c2cc(Cl)ccc2cc2ccc(Cl)cc12. The second-order valence-corrected chi connectivity index (χ2v) is 5.37. The van der Waals surface area contributed by atoms with Crippen LogP contribution in [0.4, 0.5) is 4.79 Å². The molecule has 0 saturated carbocycles. The van der Waals surface area contributed by atoms with Crippen molar-refractivity contribution < 1.29 is 14.3 Å². The summed E-state index contributed by atoms with van der Waals surface area (Å²) in [5.41, 5.74) is 0. The molecule has 0 aromatic heterocycles. The zero-order chi connectivity index (χ0) is 15.0. The first-order valence-electron chi connectivity index (χ1n) is 6.16. The van der Waals surface area contributed by atoms with E-state index >= 15 is 0 Å². The average Bonchev–Trinajstić information content (AvgIpc) is 2.48. The van der Waals surface area contributed by atoms with E-state index in [-0.39, 0.29) is 0 Å². The maximum absolute atomic E-state index is 11.5. The van der Waals surface area contributed by atoms with Crippen LogP contribution in [0.25, 0.3) is 21.5 Å². The average molecular weight is 321 g/mol. The van der Waals surface area contributed by atoms with E-state index in [1.807, 2.05) is 18.2 Å². The zero-order valence-electron chi connectivity index (χ0n) is 11.0. The van der Waals surface area contributed by atoms with E-state index in [9.17, 15) is 4.79 Å². The molecule has 0 aliphatic heterocycles.